The molecule has 0 aromatic heterocycles. The molecule has 214 valence electrons. The van der Waals surface area contributed by atoms with E-state index < -0.39 is 17.0 Å². The van der Waals surface area contributed by atoms with Gasteiger partial charge in [0.05, 0.1) is 0 Å². The van der Waals surface area contributed by atoms with Crippen LogP contribution >= 0.6 is 34.5 Å². The zero-order chi connectivity index (χ0) is 28.9. The fraction of sp³-hybridized carbons (Fsp3) is 0.471. The van der Waals surface area contributed by atoms with Crippen molar-refractivity contribution in [2.45, 2.75) is 79.5 Å². The first-order valence-electron chi connectivity index (χ1n) is 14.4. The van der Waals surface area contributed by atoms with Gasteiger partial charge in [0.2, 0.25) is 0 Å². The number of hydrogen-bond donors (Lipinski definition) is 0. The molecule has 2 atom stereocenters. The third-order valence-electron chi connectivity index (χ3n) is 7.17. The van der Waals surface area contributed by atoms with Crippen LogP contribution < -0.4 is 10.6 Å². The molecule has 0 aliphatic rings. The molecule has 0 aliphatic carbocycles. The van der Waals surface area contributed by atoms with E-state index in [4.69, 9.17) is 18.6 Å². The van der Waals surface area contributed by atoms with Gasteiger partial charge < -0.3 is 0 Å². The second-order valence-electron chi connectivity index (χ2n) is 11.4. The van der Waals surface area contributed by atoms with Gasteiger partial charge in [0.15, 0.2) is 0 Å². The van der Waals surface area contributed by atoms with Crippen molar-refractivity contribution in [1.29, 1.82) is 0 Å². The predicted molar refractivity (Wildman–Crippen MR) is 183 cm³/mol. The molecule has 4 rings (SSSR count). The van der Waals surface area contributed by atoms with Crippen molar-refractivity contribution in [1.82, 2.24) is 0 Å². The molecular weight excluding hydrogens is 589 g/mol. The predicted octanol–water partition coefficient (Wildman–Crippen LogP) is 11.6. The summed E-state index contributed by atoms with van der Waals surface area (Å²) in [6.07, 6.45) is 5.31. The van der Waals surface area contributed by atoms with Crippen molar-refractivity contribution >= 4 is 66.6 Å². The van der Waals surface area contributed by atoms with Gasteiger partial charge >= 0.3 is 35.6 Å². The Kier molecular flexibility index (Phi) is 16.5. The third-order valence-corrected chi connectivity index (χ3v) is 14.0. The SMILES string of the molecule is CC(C)CP(CC(C)C)c1cc2ccccc2[cH-]1.CCC(C)P(c1cc2ccccc2[cH-]1)C(C)CC.[Cl][Ti][Cl]. The summed E-state index contributed by atoms with van der Waals surface area (Å²) < 4.78 is 0. The van der Waals surface area contributed by atoms with Crippen molar-refractivity contribution in [3.63, 3.8) is 0 Å². The average Bonchev–Trinajstić information content (AvgIpc) is 3.52. The molecule has 39 heavy (non-hydrogen) atoms. The Balaban J connectivity index is 0.000000249. The molecule has 5 heteroatoms. The normalized spacial score (nSPS) is 13.7. The summed E-state index contributed by atoms with van der Waals surface area (Å²) in [7, 11) is 9.77. The monoisotopic (exact) mass is 636 g/mol. The van der Waals surface area contributed by atoms with E-state index in [0.29, 0.717) is 0 Å². The van der Waals surface area contributed by atoms with E-state index in [1.165, 1.54) is 46.7 Å². The average molecular weight is 637 g/mol. The first-order chi connectivity index (χ1) is 18.6. The number of halogens is 2. The van der Waals surface area contributed by atoms with E-state index in [0.717, 1.165) is 23.2 Å². The molecule has 0 spiro atoms. The van der Waals surface area contributed by atoms with Crippen LogP contribution in [-0.2, 0) is 17.0 Å². The molecule has 0 fully saturated rings. The number of hydrogen-bond acceptors (Lipinski definition) is 0. The Morgan fingerprint density at radius 3 is 1.44 bits per heavy atom. The molecule has 0 heterocycles. The van der Waals surface area contributed by atoms with Gasteiger partial charge in [-0.2, -0.15) is 12.1 Å². The van der Waals surface area contributed by atoms with Crippen molar-refractivity contribution in [2.75, 3.05) is 12.3 Å². The van der Waals surface area contributed by atoms with Crippen LogP contribution in [0, 0.1) is 11.8 Å². The van der Waals surface area contributed by atoms with Gasteiger partial charge in [-0.3, -0.25) is 0 Å². The van der Waals surface area contributed by atoms with Gasteiger partial charge in [-0.15, -0.1) is 80.7 Å². The maximum absolute atomic E-state index is 4.89. The van der Waals surface area contributed by atoms with Crippen molar-refractivity contribution in [3.8, 4) is 0 Å². The van der Waals surface area contributed by atoms with Crippen LogP contribution in [0.25, 0.3) is 21.5 Å². The molecular formula is C34H48Cl2P2Ti-2. The van der Waals surface area contributed by atoms with Crippen LogP contribution in [-0.4, -0.2) is 23.6 Å². The fourth-order valence-electron chi connectivity index (χ4n) is 5.10. The molecule has 0 amide bonds. The van der Waals surface area contributed by atoms with Gasteiger partial charge in [-0.05, 0) is 48.3 Å². The molecule has 0 radical (unpaired) electrons. The topological polar surface area (TPSA) is 0 Å². The summed E-state index contributed by atoms with van der Waals surface area (Å²) in [5, 5.41) is 8.85. The van der Waals surface area contributed by atoms with Gasteiger partial charge in [0.25, 0.3) is 0 Å². The second kappa shape index (κ2) is 18.4. The molecule has 2 unspecified atom stereocenters. The van der Waals surface area contributed by atoms with Crippen molar-refractivity contribution in [3.05, 3.63) is 72.8 Å². The van der Waals surface area contributed by atoms with E-state index in [1.807, 2.05) is 0 Å². The fourth-order valence-corrected chi connectivity index (χ4v) is 11.3. The third kappa shape index (κ3) is 11.2. The molecule has 4 aromatic carbocycles. The van der Waals surface area contributed by atoms with Crippen LogP contribution in [0.4, 0.5) is 0 Å². The number of benzene rings is 2. The van der Waals surface area contributed by atoms with Crippen LogP contribution in [0.2, 0.25) is 0 Å². The molecule has 0 aliphatic heterocycles. The number of fused-ring (bicyclic) bond motifs is 2. The van der Waals surface area contributed by atoms with Gasteiger partial charge in [0, 0.05) is 0 Å². The van der Waals surface area contributed by atoms with Crippen LogP contribution in [0.5, 0.6) is 0 Å². The molecule has 0 N–H and O–H groups in total. The van der Waals surface area contributed by atoms with Crippen LogP contribution in [0.3, 0.4) is 0 Å². The van der Waals surface area contributed by atoms with Crippen molar-refractivity contribution < 1.29 is 17.0 Å². The minimum atomic E-state index is -0.556. The van der Waals surface area contributed by atoms with Gasteiger partial charge in [-0.25, -0.2) is 0 Å². The standard InChI is InChI=1S/2C17H24P.2ClH.Ti/c1-13(2)11-18(12-14(3)4)17-9-15-7-5-6-8-16(15)10-17;1-5-13(3)18(14(4)6-2)17-11-15-9-7-8-10-16(15)12-17;;;/h5-10,13-14H,11-12H2,1-4H3;7-14H,5-6H2,1-4H3;2*1H;/q2*-1;;;+2/p-2. The second-order valence-corrected chi connectivity index (χ2v) is 19.4. The summed E-state index contributed by atoms with van der Waals surface area (Å²) in [5.74, 6) is 1.60. The van der Waals surface area contributed by atoms with E-state index in [9.17, 15) is 0 Å². The van der Waals surface area contributed by atoms with Gasteiger partial charge in [-0.1, -0.05) is 83.4 Å². The van der Waals surface area contributed by atoms with E-state index in [1.54, 1.807) is 10.6 Å². The Hall–Kier alpha value is -0.186. The summed E-state index contributed by atoms with van der Waals surface area (Å²) in [5.41, 5.74) is 1.65. The first kappa shape index (κ1) is 35.0. The molecule has 0 nitrogen and oxygen atoms in total. The Bertz CT molecular complexity index is 1130. The first-order valence-corrected chi connectivity index (χ1v) is 21.9. The molecule has 0 bridgehead atoms. The Labute approximate surface area is 258 Å². The van der Waals surface area contributed by atoms with E-state index in [-0.39, 0.29) is 15.8 Å². The van der Waals surface area contributed by atoms with Crippen LogP contribution in [0.1, 0.15) is 68.2 Å². The number of rotatable bonds is 10. The quantitative estimate of drug-likeness (QED) is 0.0922. The Morgan fingerprint density at radius 2 is 1.05 bits per heavy atom. The minimum absolute atomic E-state index is 0.0185. The van der Waals surface area contributed by atoms with Crippen LogP contribution in [0.15, 0.2) is 72.8 Å². The molecule has 0 saturated carbocycles. The van der Waals surface area contributed by atoms with E-state index >= 15 is 0 Å². The molecule has 4 aromatic rings. The summed E-state index contributed by atoms with van der Waals surface area (Å²) in [6, 6.07) is 27.2. The van der Waals surface area contributed by atoms with E-state index in [2.05, 4.69) is 128 Å². The zero-order valence-corrected chi connectivity index (χ0v) is 30.1. The summed E-state index contributed by atoms with van der Waals surface area (Å²) in [6.45, 7) is 18.9. The summed E-state index contributed by atoms with van der Waals surface area (Å²) in [4.78, 5) is 0. The molecule has 0 saturated heterocycles. The maximum atomic E-state index is 4.89. The Morgan fingerprint density at radius 1 is 0.667 bits per heavy atom. The zero-order valence-electron chi connectivity index (χ0n) is 25.2. The van der Waals surface area contributed by atoms with Crippen molar-refractivity contribution in [2.24, 2.45) is 11.8 Å². The summed E-state index contributed by atoms with van der Waals surface area (Å²) >= 11 is -0.556. The van der Waals surface area contributed by atoms with Gasteiger partial charge in [0.1, 0.15) is 0 Å².